The Hall–Kier alpha value is -1.22. The number of hydrogen-bond donors (Lipinski definition) is 0. The number of hydrogen-bond acceptors (Lipinski definition) is 3. The molecule has 0 N–H and O–H groups in total. The topological polar surface area (TPSA) is 35.5 Å². The summed E-state index contributed by atoms with van der Waals surface area (Å²) in [4.78, 5) is 10.5. The van der Waals surface area contributed by atoms with Gasteiger partial charge < -0.3 is 9.47 Å². The third-order valence-corrected chi connectivity index (χ3v) is 2.05. The zero-order valence-corrected chi connectivity index (χ0v) is 10.00. The molecular formula is C12H15ClO3. The molecule has 1 aromatic rings. The zero-order valence-electron chi connectivity index (χ0n) is 9.24. The fourth-order valence-electron chi connectivity index (χ4n) is 1.11. The lowest BCUT2D eigenvalue weighted by Crippen LogP contribution is -2.04. The van der Waals surface area contributed by atoms with Crippen LogP contribution >= 0.6 is 11.6 Å². The second-order valence-corrected chi connectivity index (χ2v) is 3.74. The average Bonchev–Trinajstić information content (AvgIpc) is 2.28. The Labute approximate surface area is 100 Å². The second-order valence-electron chi connectivity index (χ2n) is 3.32. The molecule has 88 valence electrons. The first kappa shape index (κ1) is 12.8. The van der Waals surface area contributed by atoms with Gasteiger partial charge in [0, 0.05) is 0 Å². The van der Waals surface area contributed by atoms with Crippen molar-refractivity contribution in [1.29, 1.82) is 0 Å². The number of rotatable bonds is 7. The van der Waals surface area contributed by atoms with Crippen molar-refractivity contribution in [2.45, 2.75) is 19.8 Å². The summed E-state index contributed by atoms with van der Waals surface area (Å²) < 4.78 is 10.6. The van der Waals surface area contributed by atoms with E-state index in [1.54, 1.807) is 12.1 Å². The number of carbonyl (C=O) groups excluding carboxylic acids is 1. The molecule has 0 fully saturated rings. The smallest absolute Gasteiger partial charge is 0.259 e. The maximum absolute atomic E-state index is 10.5. The predicted molar refractivity (Wildman–Crippen MR) is 63.2 cm³/mol. The highest BCUT2D eigenvalue weighted by atomic mass is 35.5. The maximum atomic E-state index is 10.5. The van der Waals surface area contributed by atoms with Crippen molar-refractivity contribution in [2.75, 3.05) is 13.2 Å². The Balaban J connectivity index is 2.38. The van der Waals surface area contributed by atoms with E-state index < -0.39 is 5.24 Å². The van der Waals surface area contributed by atoms with Gasteiger partial charge in [-0.25, -0.2) is 0 Å². The first-order valence-electron chi connectivity index (χ1n) is 5.26. The van der Waals surface area contributed by atoms with Crippen molar-refractivity contribution in [3.63, 3.8) is 0 Å². The van der Waals surface area contributed by atoms with Gasteiger partial charge in [-0.3, -0.25) is 4.79 Å². The van der Waals surface area contributed by atoms with Gasteiger partial charge in [0.05, 0.1) is 6.61 Å². The van der Waals surface area contributed by atoms with Crippen LogP contribution in [0.25, 0.3) is 0 Å². The minimum absolute atomic E-state index is 0.113. The molecule has 1 aromatic carbocycles. The molecule has 0 amide bonds. The molecule has 0 saturated heterocycles. The van der Waals surface area contributed by atoms with Gasteiger partial charge in [-0.1, -0.05) is 13.3 Å². The summed E-state index contributed by atoms with van der Waals surface area (Å²) in [5.41, 5.74) is 0. The van der Waals surface area contributed by atoms with E-state index in [0.29, 0.717) is 5.75 Å². The van der Waals surface area contributed by atoms with Crippen LogP contribution in [0.3, 0.4) is 0 Å². The van der Waals surface area contributed by atoms with Crippen LogP contribution in [-0.4, -0.2) is 18.5 Å². The summed E-state index contributed by atoms with van der Waals surface area (Å²) in [6, 6.07) is 7.12. The molecule has 0 bridgehead atoms. The van der Waals surface area contributed by atoms with Gasteiger partial charge in [-0.05, 0) is 42.3 Å². The molecule has 0 spiro atoms. The van der Waals surface area contributed by atoms with Crippen LogP contribution in [0, 0.1) is 0 Å². The first-order chi connectivity index (χ1) is 7.72. The van der Waals surface area contributed by atoms with E-state index in [9.17, 15) is 4.79 Å². The van der Waals surface area contributed by atoms with Gasteiger partial charge in [-0.2, -0.15) is 0 Å². The van der Waals surface area contributed by atoms with Gasteiger partial charge in [0.25, 0.3) is 5.24 Å². The Morgan fingerprint density at radius 3 is 2.25 bits per heavy atom. The van der Waals surface area contributed by atoms with E-state index in [1.807, 2.05) is 12.1 Å². The Morgan fingerprint density at radius 1 is 1.19 bits per heavy atom. The van der Waals surface area contributed by atoms with Gasteiger partial charge in [0.15, 0.2) is 6.61 Å². The molecule has 16 heavy (non-hydrogen) atoms. The monoisotopic (exact) mass is 242 g/mol. The summed E-state index contributed by atoms with van der Waals surface area (Å²) in [7, 11) is 0. The lowest BCUT2D eigenvalue weighted by Gasteiger charge is -2.06. The summed E-state index contributed by atoms with van der Waals surface area (Å²) in [6.45, 7) is 2.72. The normalized spacial score (nSPS) is 9.88. The van der Waals surface area contributed by atoms with Crippen LogP contribution in [0.15, 0.2) is 24.3 Å². The van der Waals surface area contributed by atoms with Crippen molar-refractivity contribution in [3.05, 3.63) is 24.3 Å². The third-order valence-electron chi connectivity index (χ3n) is 1.94. The van der Waals surface area contributed by atoms with E-state index in [1.165, 1.54) is 0 Å². The van der Waals surface area contributed by atoms with E-state index in [0.717, 1.165) is 25.2 Å². The standard InChI is InChI=1S/C12H15ClO3/c1-2-3-8-15-10-4-6-11(7-5-10)16-9-12(13)14/h4-7H,2-3,8-9H2,1H3. The Kier molecular flexibility index (Phi) is 5.72. The summed E-state index contributed by atoms with van der Waals surface area (Å²) >= 11 is 5.15. The highest BCUT2D eigenvalue weighted by Gasteiger charge is 1.99. The predicted octanol–water partition coefficient (Wildman–Crippen LogP) is 3.01. The van der Waals surface area contributed by atoms with E-state index in [4.69, 9.17) is 21.1 Å². The van der Waals surface area contributed by atoms with Crippen LogP contribution in [0.5, 0.6) is 11.5 Å². The van der Waals surface area contributed by atoms with Crippen molar-refractivity contribution in [2.24, 2.45) is 0 Å². The van der Waals surface area contributed by atoms with Gasteiger partial charge in [0.1, 0.15) is 11.5 Å². The molecule has 0 radical (unpaired) electrons. The van der Waals surface area contributed by atoms with Crippen LogP contribution in [0.4, 0.5) is 0 Å². The minimum atomic E-state index is -0.511. The maximum Gasteiger partial charge on any atom is 0.259 e. The molecular weight excluding hydrogens is 228 g/mol. The minimum Gasteiger partial charge on any atom is -0.494 e. The number of unbranched alkanes of at least 4 members (excludes halogenated alkanes) is 1. The largest absolute Gasteiger partial charge is 0.494 e. The second kappa shape index (κ2) is 7.12. The summed E-state index contributed by atoms with van der Waals surface area (Å²) in [5, 5.41) is -0.511. The number of carbonyl (C=O) groups is 1. The van der Waals surface area contributed by atoms with Crippen molar-refractivity contribution in [1.82, 2.24) is 0 Å². The number of benzene rings is 1. The highest BCUT2D eigenvalue weighted by molar-refractivity contribution is 6.63. The molecule has 3 nitrogen and oxygen atoms in total. The zero-order chi connectivity index (χ0) is 11.8. The lowest BCUT2D eigenvalue weighted by atomic mass is 10.3. The van der Waals surface area contributed by atoms with Crippen LogP contribution < -0.4 is 9.47 Å². The molecule has 0 heterocycles. The quantitative estimate of drug-likeness (QED) is 0.545. The first-order valence-corrected chi connectivity index (χ1v) is 5.64. The SMILES string of the molecule is CCCCOc1ccc(OCC(=O)Cl)cc1. The summed E-state index contributed by atoms with van der Waals surface area (Å²) in [6.07, 6.45) is 2.15. The van der Waals surface area contributed by atoms with Gasteiger partial charge in [-0.15, -0.1) is 0 Å². The molecule has 0 aliphatic carbocycles. The molecule has 0 unspecified atom stereocenters. The van der Waals surface area contributed by atoms with Crippen molar-refractivity contribution >= 4 is 16.8 Å². The van der Waals surface area contributed by atoms with Crippen LogP contribution in [0.2, 0.25) is 0 Å². The van der Waals surface area contributed by atoms with E-state index in [2.05, 4.69) is 6.92 Å². The molecule has 0 saturated carbocycles. The van der Waals surface area contributed by atoms with Gasteiger partial charge in [0.2, 0.25) is 0 Å². The molecule has 1 rings (SSSR count). The lowest BCUT2D eigenvalue weighted by molar-refractivity contribution is -0.113. The number of halogens is 1. The molecule has 4 heteroatoms. The van der Waals surface area contributed by atoms with Crippen molar-refractivity contribution < 1.29 is 14.3 Å². The molecule has 0 atom stereocenters. The van der Waals surface area contributed by atoms with E-state index >= 15 is 0 Å². The fraction of sp³-hybridized carbons (Fsp3) is 0.417. The Morgan fingerprint density at radius 2 is 1.75 bits per heavy atom. The Bertz CT molecular complexity index is 322. The molecule has 0 aliphatic rings. The highest BCUT2D eigenvalue weighted by Crippen LogP contribution is 2.17. The number of ether oxygens (including phenoxy) is 2. The van der Waals surface area contributed by atoms with Crippen LogP contribution in [0.1, 0.15) is 19.8 Å². The fourth-order valence-corrected chi connectivity index (χ4v) is 1.16. The molecule has 0 aliphatic heterocycles. The van der Waals surface area contributed by atoms with Gasteiger partial charge >= 0.3 is 0 Å². The van der Waals surface area contributed by atoms with E-state index in [-0.39, 0.29) is 6.61 Å². The van der Waals surface area contributed by atoms with Crippen molar-refractivity contribution in [3.8, 4) is 11.5 Å². The third kappa shape index (κ3) is 5.03. The van der Waals surface area contributed by atoms with Crippen LogP contribution in [-0.2, 0) is 4.79 Å². The average molecular weight is 243 g/mol. The molecule has 0 aromatic heterocycles. The summed E-state index contributed by atoms with van der Waals surface area (Å²) in [5.74, 6) is 1.41.